The lowest BCUT2D eigenvalue weighted by molar-refractivity contribution is -0.107. The standard InChI is InChI=1S/C21H18O/c22-16-4-5-17-8-10-19(11-9-17)21-14-12-20(13-15-21)18-6-2-1-3-7-18/h1-3,6-16H,4-5H2. The van der Waals surface area contributed by atoms with Crippen molar-refractivity contribution in [3.05, 3.63) is 84.4 Å². The quantitative estimate of drug-likeness (QED) is 0.593. The molecule has 0 N–H and O–H groups in total. The minimum Gasteiger partial charge on any atom is -0.303 e. The van der Waals surface area contributed by atoms with E-state index in [9.17, 15) is 4.79 Å². The Balaban J connectivity index is 1.79. The van der Waals surface area contributed by atoms with Crippen molar-refractivity contribution in [2.24, 2.45) is 0 Å². The largest absolute Gasteiger partial charge is 0.303 e. The van der Waals surface area contributed by atoms with Gasteiger partial charge in [0.1, 0.15) is 6.29 Å². The third-order valence-electron chi connectivity index (χ3n) is 3.83. The fraction of sp³-hybridized carbons (Fsp3) is 0.0952. The lowest BCUT2D eigenvalue weighted by Gasteiger charge is -2.06. The van der Waals surface area contributed by atoms with E-state index in [0.717, 1.165) is 12.7 Å². The van der Waals surface area contributed by atoms with E-state index in [1.165, 1.54) is 27.8 Å². The van der Waals surface area contributed by atoms with E-state index in [1.807, 2.05) is 6.07 Å². The maximum absolute atomic E-state index is 10.4. The third-order valence-corrected chi connectivity index (χ3v) is 3.83. The predicted molar refractivity (Wildman–Crippen MR) is 91.7 cm³/mol. The summed E-state index contributed by atoms with van der Waals surface area (Å²) in [5, 5.41) is 0. The van der Waals surface area contributed by atoms with Crippen molar-refractivity contribution in [2.45, 2.75) is 12.8 Å². The number of hydrogen-bond acceptors (Lipinski definition) is 1. The molecule has 0 aromatic heterocycles. The number of benzene rings is 3. The Bertz CT molecular complexity index is 725. The zero-order valence-electron chi connectivity index (χ0n) is 12.4. The second-order valence-electron chi connectivity index (χ2n) is 5.35. The van der Waals surface area contributed by atoms with Gasteiger partial charge in [-0.05, 0) is 34.2 Å². The number of rotatable bonds is 5. The Morgan fingerprint density at radius 1 is 0.591 bits per heavy atom. The van der Waals surface area contributed by atoms with Gasteiger partial charge in [-0.25, -0.2) is 0 Å². The van der Waals surface area contributed by atoms with Gasteiger partial charge < -0.3 is 4.79 Å². The van der Waals surface area contributed by atoms with Crippen molar-refractivity contribution in [3.63, 3.8) is 0 Å². The van der Waals surface area contributed by atoms with Gasteiger partial charge in [0.25, 0.3) is 0 Å². The molecule has 108 valence electrons. The lowest BCUT2D eigenvalue weighted by Crippen LogP contribution is -1.86. The lowest BCUT2D eigenvalue weighted by atomic mass is 9.99. The maximum atomic E-state index is 10.4. The Morgan fingerprint density at radius 2 is 1.05 bits per heavy atom. The molecule has 0 aliphatic carbocycles. The van der Waals surface area contributed by atoms with Crippen LogP contribution in [-0.2, 0) is 11.2 Å². The van der Waals surface area contributed by atoms with Crippen molar-refractivity contribution < 1.29 is 4.79 Å². The Morgan fingerprint density at radius 3 is 1.55 bits per heavy atom. The highest BCUT2D eigenvalue weighted by Gasteiger charge is 2.00. The van der Waals surface area contributed by atoms with Gasteiger partial charge in [0.05, 0.1) is 0 Å². The van der Waals surface area contributed by atoms with Gasteiger partial charge in [-0.2, -0.15) is 0 Å². The Kier molecular flexibility index (Phi) is 4.45. The fourth-order valence-electron chi connectivity index (χ4n) is 2.58. The Labute approximate surface area is 131 Å². The average Bonchev–Trinajstić information content (AvgIpc) is 2.61. The van der Waals surface area contributed by atoms with E-state index in [-0.39, 0.29) is 0 Å². The summed E-state index contributed by atoms with van der Waals surface area (Å²) in [4.78, 5) is 10.4. The van der Waals surface area contributed by atoms with Crippen molar-refractivity contribution in [1.82, 2.24) is 0 Å². The van der Waals surface area contributed by atoms with Crippen molar-refractivity contribution in [2.75, 3.05) is 0 Å². The van der Waals surface area contributed by atoms with Crippen LogP contribution in [0.25, 0.3) is 22.3 Å². The molecule has 22 heavy (non-hydrogen) atoms. The molecule has 0 aliphatic rings. The summed E-state index contributed by atoms with van der Waals surface area (Å²) in [6.07, 6.45) is 2.37. The molecule has 0 amide bonds. The first kappa shape index (κ1) is 14.3. The van der Waals surface area contributed by atoms with Crippen LogP contribution in [0.2, 0.25) is 0 Å². The van der Waals surface area contributed by atoms with Gasteiger partial charge in [0.15, 0.2) is 0 Å². The van der Waals surface area contributed by atoms with Gasteiger partial charge in [0, 0.05) is 6.42 Å². The molecule has 0 bridgehead atoms. The van der Waals surface area contributed by atoms with Crippen LogP contribution in [-0.4, -0.2) is 6.29 Å². The SMILES string of the molecule is O=CCCc1ccc(-c2ccc(-c3ccccc3)cc2)cc1. The number of aryl methyl sites for hydroxylation is 1. The molecule has 0 heterocycles. The van der Waals surface area contributed by atoms with Crippen LogP contribution < -0.4 is 0 Å². The normalized spacial score (nSPS) is 10.4. The molecule has 3 aromatic rings. The van der Waals surface area contributed by atoms with Crippen molar-refractivity contribution in [3.8, 4) is 22.3 Å². The second-order valence-corrected chi connectivity index (χ2v) is 5.35. The summed E-state index contributed by atoms with van der Waals surface area (Å²) >= 11 is 0. The summed E-state index contributed by atoms with van der Waals surface area (Å²) in [6.45, 7) is 0. The zero-order chi connectivity index (χ0) is 15.2. The average molecular weight is 286 g/mol. The van der Waals surface area contributed by atoms with E-state index in [0.29, 0.717) is 6.42 Å². The number of carbonyl (C=O) groups excluding carboxylic acids is 1. The van der Waals surface area contributed by atoms with E-state index >= 15 is 0 Å². The minimum atomic E-state index is 0.588. The van der Waals surface area contributed by atoms with Crippen molar-refractivity contribution in [1.29, 1.82) is 0 Å². The summed E-state index contributed by atoms with van der Waals surface area (Å²) in [5.74, 6) is 0. The van der Waals surface area contributed by atoms with Crippen LogP contribution in [0.4, 0.5) is 0 Å². The van der Waals surface area contributed by atoms with Crippen LogP contribution in [0.3, 0.4) is 0 Å². The molecule has 3 aromatic carbocycles. The number of carbonyl (C=O) groups is 1. The molecule has 0 atom stereocenters. The van der Waals surface area contributed by atoms with Crippen molar-refractivity contribution >= 4 is 6.29 Å². The molecule has 0 unspecified atom stereocenters. The Hall–Kier alpha value is -2.67. The highest BCUT2D eigenvalue weighted by Crippen LogP contribution is 2.25. The molecule has 3 rings (SSSR count). The number of hydrogen-bond donors (Lipinski definition) is 0. The van der Waals surface area contributed by atoms with Gasteiger partial charge in [-0.1, -0.05) is 78.9 Å². The second kappa shape index (κ2) is 6.86. The van der Waals surface area contributed by atoms with E-state index in [2.05, 4.69) is 72.8 Å². The molecule has 1 nitrogen and oxygen atoms in total. The molecule has 0 radical (unpaired) electrons. The molecule has 0 fully saturated rings. The van der Waals surface area contributed by atoms with Crippen LogP contribution in [0.1, 0.15) is 12.0 Å². The summed E-state index contributed by atoms with van der Waals surface area (Å²) in [5.41, 5.74) is 6.08. The highest BCUT2D eigenvalue weighted by atomic mass is 16.1. The molecular weight excluding hydrogens is 268 g/mol. The first-order chi connectivity index (χ1) is 10.9. The van der Waals surface area contributed by atoms with E-state index in [1.54, 1.807) is 0 Å². The molecule has 0 saturated carbocycles. The molecule has 1 heteroatoms. The van der Waals surface area contributed by atoms with Gasteiger partial charge in [-0.3, -0.25) is 0 Å². The third kappa shape index (κ3) is 3.32. The first-order valence-corrected chi connectivity index (χ1v) is 7.55. The minimum absolute atomic E-state index is 0.588. The molecule has 0 saturated heterocycles. The molecular formula is C21H18O. The summed E-state index contributed by atoms with van der Waals surface area (Å²) in [7, 11) is 0. The predicted octanol–water partition coefficient (Wildman–Crippen LogP) is 5.15. The maximum Gasteiger partial charge on any atom is 0.120 e. The van der Waals surface area contributed by atoms with Gasteiger partial charge >= 0.3 is 0 Å². The van der Waals surface area contributed by atoms with Gasteiger partial charge in [0.2, 0.25) is 0 Å². The van der Waals surface area contributed by atoms with Crippen LogP contribution in [0, 0.1) is 0 Å². The number of aldehydes is 1. The van der Waals surface area contributed by atoms with E-state index in [4.69, 9.17) is 0 Å². The fourth-order valence-corrected chi connectivity index (χ4v) is 2.58. The van der Waals surface area contributed by atoms with Crippen LogP contribution in [0.15, 0.2) is 78.9 Å². The van der Waals surface area contributed by atoms with Crippen LogP contribution in [0.5, 0.6) is 0 Å². The summed E-state index contributed by atoms with van der Waals surface area (Å²) < 4.78 is 0. The summed E-state index contributed by atoms with van der Waals surface area (Å²) in [6, 6.07) is 27.5. The first-order valence-electron chi connectivity index (χ1n) is 7.55. The highest BCUT2D eigenvalue weighted by molar-refractivity contribution is 5.70. The molecule has 0 aliphatic heterocycles. The monoisotopic (exact) mass is 286 g/mol. The smallest absolute Gasteiger partial charge is 0.120 e. The van der Waals surface area contributed by atoms with Gasteiger partial charge in [-0.15, -0.1) is 0 Å². The zero-order valence-corrected chi connectivity index (χ0v) is 12.4. The topological polar surface area (TPSA) is 17.1 Å². The molecule has 0 spiro atoms. The van der Waals surface area contributed by atoms with Crippen LogP contribution >= 0.6 is 0 Å². The van der Waals surface area contributed by atoms with E-state index < -0.39 is 0 Å².